The summed E-state index contributed by atoms with van der Waals surface area (Å²) in [6, 6.07) is 4.47. The molecule has 5 heteroatoms. The zero-order chi connectivity index (χ0) is 13.3. The fraction of sp³-hybridized carbons (Fsp3) is 0.462. The van der Waals surface area contributed by atoms with Crippen LogP contribution in [0.3, 0.4) is 0 Å². The zero-order valence-corrected chi connectivity index (χ0v) is 10.8. The van der Waals surface area contributed by atoms with E-state index in [0.29, 0.717) is 11.6 Å². The van der Waals surface area contributed by atoms with Crippen molar-refractivity contribution in [1.29, 1.82) is 0 Å². The number of nitrogens with zero attached hydrogens (tertiary/aromatic N) is 1. The molecular formula is C13H15ClFNO2. The summed E-state index contributed by atoms with van der Waals surface area (Å²) in [7, 11) is 0. The molecule has 1 aromatic carbocycles. The summed E-state index contributed by atoms with van der Waals surface area (Å²) >= 11 is 5.78. The molecule has 0 spiro atoms. The maximum atomic E-state index is 13.1. The fourth-order valence-corrected chi connectivity index (χ4v) is 2.46. The van der Waals surface area contributed by atoms with Gasteiger partial charge in [0.25, 0.3) is 0 Å². The lowest BCUT2D eigenvalue weighted by molar-refractivity contribution is -0.145. The molecule has 1 N–H and O–H groups in total. The van der Waals surface area contributed by atoms with Gasteiger partial charge < -0.3 is 5.11 Å². The van der Waals surface area contributed by atoms with Crippen LogP contribution in [-0.4, -0.2) is 29.1 Å². The Kier molecular flexibility index (Phi) is 3.88. The Hall–Kier alpha value is -1.13. The van der Waals surface area contributed by atoms with Crippen LogP contribution in [0, 0.1) is 17.7 Å². The molecule has 98 valence electrons. The Labute approximate surface area is 110 Å². The molecule has 1 aliphatic heterocycles. The third-order valence-corrected chi connectivity index (χ3v) is 3.63. The second-order valence-corrected chi connectivity index (χ2v) is 5.30. The number of hydrogen-bond acceptors (Lipinski definition) is 2. The average Bonchev–Trinajstić information content (AvgIpc) is 2.20. The van der Waals surface area contributed by atoms with Crippen LogP contribution in [0.1, 0.15) is 12.5 Å². The molecule has 1 unspecified atom stereocenters. The second-order valence-electron chi connectivity index (χ2n) is 4.86. The summed E-state index contributed by atoms with van der Waals surface area (Å²) in [5.74, 6) is -1.23. The van der Waals surface area contributed by atoms with Crippen molar-refractivity contribution in [3.05, 3.63) is 34.6 Å². The highest BCUT2D eigenvalue weighted by molar-refractivity contribution is 6.30. The largest absolute Gasteiger partial charge is 0.481 e. The Bertz CT molecular complexity index is 440. The molecule has 1 atom stereocenters. The number of halogens is 2. The zero-order valence-electron chi connectivity index (χ0n) is 10.1. The van der Waals surface area contributed by atoms with E-state index < -0.39 is 5.97 Å². The SMILES string of the molecule is CC(C(=O)O)C1CN(Cc2cc(F)cc(Cl)c2)C1. The predicted molar refractivity (Wildman–Crippen MR) is 67.0 cm³/mol. The third kappa shape index (κ3) is 3.00. The first kappa shape index (κ1) is 13.3. The number of hydrogen-bond donors (Lipinski definition) is 1. The summed E-state index contributed by atoms with van der Waals surface area (Å²) in [6.45, 7) is 3.81. The van der Waals surface area contributed by atoms with Gasteiger partial charge >= 0.3 is 5.97 Å². The topological polar surface area (TPSA) is 40.5 Å². The molecule has 0 saturated carbocycles. The Morgan fingerprint density at radius 3 is 2.78 bits per heavy atom. The minimum absolute atomic E-state index is 0.187. The second kappa shape index (κ2) is 5.24. The van der Waals surface area contributed by atoms with Crippen molar-refractivity contribution < 1.29 is 14.3 Å². The summed E-state index contributed by atoms with van der Waals surface area (Å²) < 4.78 is 13.1. The van der Waals surface area contributed by atoms with Crippen LogP contribution in [0.25, 0.3) is 0 Å². The van der Waals surface area contributed by atoms with Crippen molar-refractivity contribution in [2.45, 2.75) is 13.5 Å². The van der Waals surface area contributed by atoms with Gasteiger partial charge in [-0.2, -0.15) is 0 Å². The van der Waals surface area contributed by atoms with E-state index in [2.05, 4.69) is 4.90 Å². The van der Waals surface area contributed by atoms with Crippen molar-refractivity contribution in [3.63, 3.8) is 0 Å². The molecule has 1 aromatic rings. The molecule has 2 rings (SSSR count). The number of aliphatic carboxylic acids is 1. The van der Waals surface area contributed by atoms with Crippen LogP contribution in [-0.2, 0) is 11.3 Å². The van der Waals surface area contributed by atoms with E-state index in [-0.39, 0.29) is 17.7 Å². The molecule has 3 nitrogen and oxygen atoms in total. The Morgan fingerprint density at radius 2 is 2.22 bits per heavy atom. The standard InChI is InChI=1S/C13H15ClFNO2/c1-8(13(17)18)10-6-16(7-10)5-9-2-11(14)4-12(15)3-9/h2-4,8,10H,5-7H2,1H3,(H,17,18). The molecule has 1 heterocycles. The molecule has 1 saturated heterocycles. The average molecular weight is 272 g/mol. The smallest absolute Gasteiger partial charge is 0.306 e. The Morgan fingerprint density at radius 1 is 1.56 bits per heavy atom. The fourth-order valence-electron chi connectivity index (χ4n) is 2.22. The highest BCUT2D eigenvalue weighted by Gasteiger charge is 2.34. The molecule has 1 fully saturated rings. The van der Waals surface area contributed by atoms with E-state index in [9.17, 15) is 9.18 Å². The number of carboxylic acid groups (broad SMARTS) is 1. The molecule has 0 bridgehead atoms. The lowest BCUT2D eigenvalue weighted by atomic mass is 9.87. The van der Waals surface area contributed by atoms with Crippen molar-refractivity contribution in [2.24, 2.45) is 11.8 Å². The van der Waals surface area contributed by atoms with E-state index in [4.69, 9.17) is 16.7 Å². The molecule has 0 aliphatic carbocycles. The van der Waals surface area contributed by atoms with E-state index in [0.717, 1.165) is 18.7 Å². The number of likely N-dealkylation sites (tertiary alicyclic amines) is 1. The van der Waals surface area contributed by atoms with Crippen LogP contribution in [0.5, 0.6) is 0 Å². The lowest BCUT2D eigenvalue weighted by Gasteiger charge is -2.41. The van der Waals surface area contributed by atoms with Gasteiger partial charge in [0, 0.05) is 24.7 Å². The first-order valence-electron chi connectivity index (χ1n) is 5.86. The van der Waals surface area contributed by atoms with Crippen LogP contribution < -0.4 is 0 Å². The van der Waals surface area contributed by atoms with E-state index in [1.165, 1.54) is 12.1 Å². The van der Waals surface area contributed by atoms with Gasteiger partial charge in [-0.1, -0.05) is 18.5 Å². The van der Waals surface area contributed by atoms with E-state index in [1.54, 1.807) is 13.0 Å². The maximum Gasteiger partial charge on any atom is 0.306 e. The summed E-state index contributed by atoms with van der Waals surface area (Å²) in [4.78, 5) is 12.9. The molecule has 0 amide bonds. The van der Waals surface area contributed by atoms with Crippen molar-refractivity contribution in [1.82, 2.24) is 4.90 Å². The summed E-state index contributed by atoms with van der Waals surface area (Å²) in [5.41, 5.74) is 0.821. The van der Waals surface area contributed by atoms with Gasteiger partial charge in [0.1, 0.15) is 5.82 Å². The monoisotopic (exact) mass is 271 g/mol. The molecule has 18 heavy (non-hydrogen) atoms. The van der Waals surface area contributed by atoms with Crippen LogP contribution in [0.15, 0.2) is 18.2 Å². The summed E-state index contributed by atoms with van der Waals surface area (Å²) in [6.07, 6.45) is 0. The number of carboxylic acids is 1. The van der Waals surface area contributed by atoms with Crippen molar-refractivity contribution in [2.75, 3.05) is 13.1 Å². The quantitative estimate of drug-likeness (QED) is 0.915. The highest BCUT2D eigenvalue weighted by atomic mass is 35.5. The number of rotatable bonds is 4. The van der Waals surface area contributed by atoms with Crippen molar-refractivity contribution >= 4 is 17.6 Å². The first-order valence-corrected chi connectivity index (χ1v) is 6.23. The van der Waals surface area contributed by atoms with Gasteiger partial charge in [-0.05, 0) is 29.7 Å². The van der Waals surface area contributed by atoms with E-state index >= 15 is 0 Å². The van der Waals surface area contributed by atoms with E-state index in [1.807, 2.05) is 0 Å². The lowest BCUT2D eigenvalue weighted by Crippen LogP contribution is -2.50. The minimum Gasteiger partial charge on any atom is -0.481 e. The van der Waals surface area contributed by atoms with Gasteiger partial charge in [-0.3, -0.25) is 9.69 Å². The highest BCUT2D eigenvalue weighted by Crippen LogP contribution is 2.26. The van der Waals surface area contributed by atoms with Crippen LogP contribution in [0.2, 0.25) is 5.02 Å². The van der Waals surface area contributed by atoms with Gasteiger partial charge in [0.05, 0.1) is 5.92 Å². The number of benzene rings is 1. The maximum absolute atomic E-state index is 13.1. The minimum atomic E-state index is -0.756. The van der Waals surface area contributed by atoms with Crippen LogP contribution in [0.4, 0.5) is 4.39 Å². The molecule has 0 radical (unpaired) electrons. The molecule has 0 aromatic heterocycles. The van der Waals surface area contributed by atoms with Gasteiger partial charge in [-0.25, -0.2) is 4.39 Å². The van der Waals surface area contributed by atoms with Crippen molar-refractivity contribution in [3.8, 4) is 0 Å². The first-order chi connectivity index (χ1) is 8.45. The number of carbonyl (C=O) groups is 1. The van der Waals surface area contributed by atoms with Crippen LogP contribution >= 0.6 is 11.6 Å². The van der Waals surface area contributed by atoms with Gasteiger partial charge in [0.2, 0.25) is 0 Å². The molecule has 1 aliphatic rings. The normalized spacial score (nSPS) is 18.4. The summed E-state index contributed by atoms with van der Waals surface area (Å²) in [5, 5.41) is 9.27. The Balaban J connectivity index is 1.88. The molecular weight excluding hydrogens is 257 g/mol. The predicted octanol–water partition coefficient (Wildman–Crippen LogP) is 2.63. The van der Waals surface area contributed by atoms with Gasteiger partial charge in [0.15, 0.2) is 0 Å². The third-order valence-electron chi connectivity index (χ3n) is 3.41. The van der Waals surface area contributed by atoms with Gasteiger partial charge in [-0.15, -0.1) is 0 Å².